The van der Waals surface area contributed by atoms with E-state index in [-0.39, 0.29) is 5.91 Å². The van der Waals surface area contributed by atoms with Gasteiger partial charge in [-0.2, -0.15) is 0 Å². The van der Waals surface area contributed by atoms with E-state index in [1.165, 1.54) is 0 Å². The van der Waals surface area contributed by atoms with Gasteiger partial charge in [0.25, 0.3) is 5.91 Å². The summed E-state index contributed by atoms with van der Waals surface area (Å²) in [6, 6.07) is 17.5. The SMILES string of the molecule is N[C@H](Cc1ccc(Cl)cc1Cl)C(=O)N1Cc2ccc(NC(=O)NC(=O)c3ccccc3)cc2C1. The third-order valence-corrected chi connectivity index (χ3v) is 6.12. The molecule has 1 atom stereocenters. The summed E-state index contributed by atoms with van der Waals surface area (Å²) < 4.78 is 0. The van der Waals surface area contributed by atoms with E-state index < -0.39 is 18.0 Å². The first kappa shape index (κ1) is 23.8. The molecule has 174 valence electrons. The highest BCUT2D eigenvalue weighted by Gasteiger charge is 2.28. The highest BCUT2D eigenvalue weighted by atomic mass is 35.5. The second-order valence-electron chi connectivity index (χ2n) is 8.00. The number of hydrogen-bond acceptors (Lipinski definition) is 4. The van der Waals surface area contributed by atoms with Crippen LogP contribution in [-0.4, -0.2) is 28.8 Å². The molecule has 0 aliphatic carbocycles. The van der Waals surface area contributed by atoms with Gasteiger partial charge in [0.1, 0.15) is 0 Å². The highest BCUT2D eigenvalue weighted by Crippen LogP contribution is 2.27. The maximum atomic E-state index is 12.9. The molecule has 0 unspecified atom stereocenters. The summed E-state index contributed by atoms with van der Waals surface area (Å²) in [6.45, 7) is 0.797. The van der Waals surface area contributed by atoms with Crippen molar-refractivity contribution in [2.75, 3.05) is 5.32 Å². The van der Waals surface area contributed by atoms with Crippen LogP contribution in [0.5, 0.6) is 0 Å². The number of nitrogens with two attached hydrogens (primary N) is 1. The molecule has 0 saturated heterocycles. The summed E-state index contributed by atoms with van der Waals surface area (Å²) in [7, 11) is 0. The first-order valence-electron chi connectivity index (χ1n) is 10.6. The molecule has 4 rings (SSSR count). The van der Waals surface area contributed by atoms with Gasteiger partial charge in [-0.25, -0.2) is 4.79 Å². The number of amides is 4. The summed E-state index contributed by atoms with van der Waals surface area (Å²) in [4.78, 5) is 39.0. The Bertz CT molecular complexity index is 1250. The molecule has 7 nitrogen and oxygen atoms in total. The lowest BCUT2D eigenvalue weighted by molar-refractivity contribution is -0.133. The smallest absolute Gasteiger partial charge is 0.326 e. The molecule has 3 aromatic rings. The second kappa shape index (κ2) is 10.3. The number of nitrogens with one attached hydrogen (secondary N) is 2. The Labute approximate surface area is 206 Å². The molecule has 0 bridgehead atoms. The van der Waals surface area contributed by atoms with E-state index in [0.717, 1.165) is 16.7 Å². The lowest BCUT2D eigenvalue weighted by Crippen LogP contribution is -2.42. The maximum absolute atomic E-state index is 12.9. The van der Waals surface area contributed by atoms with Gasteiger partial charge in [-0.15, -0.1) is 0 Å². The molecule has 3 aromatic carbocycles. The van der Waals surface area contributed by atoms with Gasteiger partial charge in [-0.05, 0) is 59.5 Å². The van der Waals surface area contributed by atoms with Gasteiger partial charge in [-0.1, -0.05) is 53.5 Å². The van der Waals surface area contributed by atoms with Crippen LogP contribution >= 0.6 is 23.2 Å². The molecular formula is C25H22Cl2N4O3. The average Bonchev–Trinajstić information content (AvgIpc) is 3.24. The standard InChI is InChI=1S/C25H22Cl2N4O3/c26-19-8-6-16(21(27)12-19)11-22(28)24(33)31-13-17-7-9-20(10-18(17)14-31)29-25(34)30-23(32)15-4-2-1-3-5-15/h1-10,12,22H,11,13-14,28H2,(H2,29,30,32,34)/t22-/m1/s1. The number of anilines is 1. The van der Waals surface area contributed by atoms with Crippen LogP contribution in [0, 0.1) is 0 Å². The maximum Gasteiger partial charge on any atom is 0.326 e. The van der Waals surface area contributed by atoms with Crippen molar-refractivity contribution in [3.63, 3.8) is 0 Å². The quantitative estimate of drug-likeness (QED) is 0.487. The Kier molecular flexibility index (Phi) is 7.17. The van der Waals surface area contributed by atoms with E-state index >= 15 is 0 Å². The van der Waals surface area contributed by atoms with Gasteiger partial charge in [0.2, 0.25) is 5.91 Å². The lowest BCUT2D eigenvalue weighted by atomic mass is 10.1. The number of rotatable bonds is 5. The van der Waals surface area contributed by atoms with Crippen LogP contribution in [0.3, 0.4) is 0 Å². The van der Waals surface area contributed by atoms with Crippen molar-refractivity contribution in [1.29, 1.82) is 0 Å². The number of imide groups is 1. The van der Waals surface area contributed by atoms with Gasteiger partial charge in [-0.3, -0.25) is 14.9 Å². The number of halogens is 2. The number of nitrogens with zero attached hydrogens (tertiary/aromatic N) is 1. The van der Waals surface area contributed by atoms with E-state index in [1.807, 2.05) is 6.07 Å². The molecule has 1 aliphatic heterocycles. The van der Waals surface area contributed by atoms with Crippen molar-refractivity contribution in [3.8, 4) is 0 Å². The van der Waals surface area contributed by atoms with E-state index in [0.29, 0.717) is 40.8 Å². The molecule has 0 spiro atoms. The Morgan fingerprint density at radius 3 is 2.41 bits per heavy atom. The minimum atomic E-state index is -0.750. The predicted octanol–water partition coefficient (Wildman–Crippen LogP) is 4.37. The fourth-order valence-electron chi connectivity index (χ4n) is 3.80. The Balaban J connectivity index is 1.35. The number of hydrogen-bond donors (Lipinski definition) is 3. The minimum absolute atomic E-state index is 0.192. The molecule has 1 aliphatic rings. The van der Waals surface area contributed by atoms with Crippen LogP contribution in [0.2, 0.25) is 10.0 Å². The highest BCUT2D eigenvalue weighted by molar-refractivity contribution is 6.35. The molecule has 0 radical (unpaired) electrons. The zero-order chi connectivity index (χ0) is 24.2. The molecule has 1 heterocycles. The van der Waals surface area contributed by atoms with Crippen LogP contribution in [0.25, 0.3) is 0 Å². The fourth-order valence-corrected chi connectivity index (χ4v) is 4.29. The van der Waals surface area contributed by atoms with Crippen LogP contribution < -0.4 is 16.4 Å². The largest absolute Gasteiger partial charge is 0.333 e. The fraction of sp³-hybridized carbons (Fsp3) is 0.160. The van der Waals surface area contributed by atoms with Gasteiger partial charge < -0.3 is 16.0 Å². The van der Waals surface area contributed by atoms with Gasteiger partial charge >= 0.3 is 6.03 Å². The number of carbonyl (C=O) groups excluding carboxylic acids is 3. The van der Waals surface area contributed by atoms with Crippen molar-refractivity contribution in [3.05, 3.63) is 99.0 Å². The molecule has 4 amide bonds. The summed E-state index contributed by atoms with van der Waals surface area (Å²) in [5.74, 6) is -0.686. The normalized spacial score (nSPS) is 13.2. The number of benzene rings is 3. The molecule has 0 saturated carbocycles. The van der Waals surface area contributed by atoms with Gasteiger partial charge in [0.05, 0.1) is 6.04 Å². The third-order valence-electron chi connectivity index (χ3n) is 5.53. The zero-order valence-electron chi connectivity index (χ0n) is 18.1. The van der Waals surface area contributed by atoms with Crippen LogP contribution in [0.4, 0.5) is 10.5 Å². The number of urea groups is 1. The van der Waals surface area contributed by atoms with E-state index in [4.69, 9.17) is 28.9 Å². The predicted molar refractivity (Wildman–Crippen MR) is 132 cm³/mol. The van der Waals surface area contributed by atoms with Crippen molar-refractivity contribution in [2.45, 2.75) is 25.6 Å². The summed E-state index contributed by atoms with van der Waals surface area (Å²) in [5.41, 5.74) is 9.71. The van der Waals surface area contributed by atoms with Crippen molar-refractivity contribution >= 4 is 46.7 Å². The van der Waals surface area contributed by atoms with Crippen molar-refractivity contribution in [1.82, 2.24) is 10.2 Å². The molecule has 34 heavy (non-hydrogen) atoms. The molecule has 9 heteroatoms. The Morgan fingerprint density at radius 2 is 1.68 bits per heavy atom. The topological polar surface area (TPSA) is 105 Å². The average molecular weight is 497 g/mol. The van der Waals surface area contributed by atoms with Crippen LogP contribution in [0.1, 0.15) is 27.0 Å². The van der Waals surface area contributed by atoms with E-state index in [9.17, 15) is 14.4 Å². The lowest BCUT2D eigenvalue weighted by Gasteiger charge is -2.20. The molecule has 0 fully saturated rings. The summed E-state index contributed by atoms with van der Waals surface area (Å²) in [6.07, 6.45) is 0.296. The Morgan fingerprint density at radius 1 is 0.941 bits per heavy atom. The van der Waals surface area contributed by atoms with Crippen molar-refractivity contribution < 1.29 is 14.4 Å². The first-order chi connectivity index (χ1) is 16.3. The number of fused-ring (bicyclic) bond motifs is 1. The minimum Gasteiger partial charge on any atom is -0.333 e. The van der Waals surface area contributed by atoms with E-state index in [1.54, 1.807) is 65.6 Å². The molecule has 4 N–H and O–H groups in total. The second-order valence-corrected chi connectivity index (χ2v) is 8.84. The van der Waals surface area contributed by atoms with E-state index in [2.05, 4.69) is 10.6 Å². The molecular weight excluding hydrogens is 475 g/mol. The monoisotopic (exact) mass is 496 g/mol. The van der Waals surface area contributed by atoms with Crippen LogP contribution in [-0.2, 0) is 24.3 Å². The zero-order valence-corrected chi connectivity index (χ0v) is 19.6. The summed E-state index contributed by atoms with van der Waals surface area (Å²) >= 11 is 12.1. The third kappa shape index (κ3) is 5.56. The Hall–Kier alpha value is -3.39. The summed E-state index contributed by atoms with van der Waals surface area (Å²) in [5, 5.41) is 5.95. The molecule has 0 aromatic heterocycles. The number of carbonyl (C=O) groups is 3. The van der Waals surface area contributed by atoms with Gasteiger partial charge in [0.15, 0.2) is 0 Å². The first-order valence-corrected chi connectivity index (χ1v) is 11.3. The van der Waals surface area contributed by atoms with Crippen molar-refractivity contribution in [2.24, 2.45) is 5.73 Å². The van der Waals surface area contributed by atoms with Crippen LogP contribution in [0.15, 0.2) is 66.7 Å². The van der Waals surface area contributed by atoms with Gasteiger partial charge in [0, 0.05) is 34.4 Å².